The molecule has 0 unspecified atom stereocenters. The number of hydrogen-bond donors (Lipinski definition) is 1. The lowest BCUT2D eigenvalue weighted by Gasteiger charge is -2.07. The minimum Gasteiger partial charge on any atom is -0.397 e. The van der Waals surface area contributed by atoms with Gasteiger partial charge in [0.25, 0.3) is 0 Å². The molecule has 0 aliphatic rings. The average Bonchev–Trinajstić information content (AvgIpc) is 2.34. The summed E-state index contributed by atoms with van der Waals surface area (Å²) in [6.07, 6.45) is 0. The van der Waals surface area contributed by atoms with Crippen LogP contribution in [0.1, 0.15) is 15.9 Å². The quantitative estimate of drug-likeness (QED) is 0.675. The number of anilines is 1. The molecule has 4 heteroatoms. The molecular formula is C13H9BrClNO. The van der Waals surface area contributed by atoms with Gasteiger partial charge in [-0.3, -0.25) is 4.79 Å². The number of halogens is 2. The van der Waals surface area contributed by atoms with Crippen LogP contribution in [-0.2, 0) is 0 Å². The molecule has 2 nitrogen and oxygen atoms in total. The maximum atomic E-state index is 12.2. The van der Waals surface area contributed by atoms with E-state index in [0.29, 0.717) is 26.3 Å². The smallest absolute Gasteiger partial charge is 0.195 e. The predicted octanol–water partition coefficient (Wildman–Crippen LogP) is 3.92. The first-order chi connectivity index (χ1) is 8.09. The van der Waals surface area contributed by atoms with Gasteiger partial charge in [-0.15, -0.1) is 0 Å². The van der Waals surface area contributed by atoms with Crippen LogP contribution >= 0.6 is 27.5 Å². The topological polar surface area (TPSA) is 43.1 Å². The van der Waals surface area contributed by atoms with E-state index in [-0.39, 0.29) is 5.78 Å². The van der Waals surface area contributed by atoms with Crippen molar-refractivity contribution in [2.24, 2.45) is 0 Å². The second kappa shape index (κ2) is 4.90. The SMILES string of the molecule is Nc1c(Br)cc(Cl)cc1C(=O)c1ccccc1. The average molecular weight is 311 g/mol. The van der Waals surface area contributed by atoms with Crippen molar-refractivity contribution in [3.05, 3.63) is 63.1 Å². The highest BCUT2D eigenvalue weighted by molar-refractivity contribution is 9.10. The Bertz CT molecular complexity index is 569. The summed E-state index contributed by atoms with van der Waals surface area (Å²) in [5.74, 6) is -0.133. The molecule has 0 aliphatic heterocycles. The second-order valence-corrected chi connectivity index (χ2v) is 4.83. The van der Waals surface area contributed by atoms with Crippen molar-refractivity contribution >= 4 is 39.0 Å². The summed E-state index contributed by atoms with van der Waals surface area (Å²) in [4.78, 5) is 12.2. The fraction of sp³-hybridized carbons (Fsp3) is 0. The van der Waals surface area contributed by atoms with Crippen LogP contribution in [0.3, 0.4) is 0 Å². The highest BCUT2D eigenvalue weighted by atomic mass is 79.9. The molecule has 0 saturated carbocycles. The number of carbonyl (C=O) groups is 1. The van der Waals surface area contributed by atoms with Crippen LogP contribution in [0.4, 0.5) is 5.69 Å². The van der Waals surface area contributed by atoms with Crippen LogP contribution in [-0.4, -0.2) is 5.78 Å². The zero-order valence-electron chi connectivity index (χ0n) is 8.78. The molecular weight excluding hydrogens is 302 g/mol. The molecule has 86 valence electrons. The number of hydrogen-bond acceptors (Lipinski definition) is 2. The van der Waals surface area contributed by atoms with E-state index in [1.54, 1.807) is 24.3 Å². The van der Waals surface area contributed by atoms with E-state index in [9.17, 15) is 4.79 Å². The van der Waals surface area contributed by atoms with Crippen molar-refractivity contribution in [2.75, 3.05) is 5.73 Å². The molecule has 0 aromatic heterocycles. The summed E-state index contributed by atoms with van der Waals surface area (Å²) in [6.45, 7) is 0. The van der Waals surface area contributed by atoms with Crippen molar-refractivity contribution in [2.45, 2.75) is 0 Å². The van der Waals surface area contributed by atoms with Gasteiger partial charge in [0.2, 0.25) is 0 Å². The van der Waals surface area contributed by atoms with E-state index in [2.05, 4.69) is 15.9 Å². The van der Waals surface area contributed by atoms with Crippen LogP contribution in [0.5, 0.6) is 0 Å². The van der Waals surface area contributed by atoms with Crippen molar-refractivity contribution in [3.8, 4) is 0 Å². The van der Waals surface area contributed by atoms with Crippen molar-refractivity contribution in [3.63, 3.8) is 0 Å². The molecule has 0 spiro atoms. The standard InChI is InChI=1S/C13H9BrClNO/c14-11-7-9(15)6-10(12(11)16)13(17)8-4-2-1-3-5-8/h1-7H,16H2. The van der Waals surface area contributed by atoms with Gasteiger partial charge in [-0.2, -0.15) is 0 Å². The molecule has 0 fully saturated rings. The van der Waals surface area contributed by atoms with Crippen molar-refractivity contribution in [1.82, 2.24) is 0 Å². The van der Waals surface area contributed by atoms with Gasteiger partial charge in [0, 0.05) is 20.6 Å². The zero-order valence-corrected chi connectivity index (χ0v) is 11.1. The first-order valence-corrected chi connectivity index (χ1v) is 6.11. The van der Waals surface area contributed by atoms with Gasteiger partial charge in [0.05, 0.1) is 5.69 Å². The van der Waals surface area contributed by atoms with E-state index in [1.807, 2.05) is 18.2 Å². The lowest BCUT2D eigenvalue weighted by atomic mass is 10.0. The van der Waals surface area contributed by atoms with Crippen LogP contribution in [0.2, 0.25) is 5.02 Å². The van der Waals surface area contributed by atoms with Gasteiger partial charge >= 0.3 is 0 Å². The summed E-state index contributed by atoms with van der Waals surface area (Å²) < 4.78 is 0.629. The molecule has 0 bridgehead atoms. The Hall–Kier alpha value is -1.32. The van der Waals surface area contributed by atoms with E-state index in [4.69, 9.17) is 17.3 Å². The summed E-state index contributed by atoms with van der Waals surface area (Å²) in [7, 11) is 0. The first-order valence-electron chi connectivity index (χ1n) is 4.94. The molecule has 0 heterocycles. The second-order valence-electron chi connectivity index (χ2n) is 3.54. The number of benzene rings is 2. The maximum Gasteiger partial charge on any atom is 0.195 e. The van der Waals surface area contributed by atoms with Crippen LogP contribution in [0.15, 0.2) is 46.9 Å². The Morgan fingerprint density at radius 3 is 2.47 bits per heavy atom. The summed E-state index contributed by atoms with van der Waals surface area (Å²) >= 11 is 9.19. The Morgan fingerprint density at radius 1 is 1.18 bits per heavy atom. The van der Waals surface area contributed by atoms with Gasteiger partial charge in [-0.05, 0) is 28.1 Å². The number of rotatable bonds is 2. The van der Waals surface area contributed by atoms with Crippen molar-refractivity contribution in [1.29, 1.82) is 0 Å². The summed E-state index contributed by atoms with van der Waals surface area (Å²) in [5.41, 5.74) is 7.27. The van der Waals surface area contributed by atoms with E-state index >= 15 is 0 Å². The number of ketones is 1. The normalized spacial score (nSPS) is 10.2. The molecule has 2 aromatic carbocycles. The number of carbonyl (C=O) groups excluding carboxylic acids is 1. The van der Waals surface area contributed by atoms with Crippen LogP contribution < -0.4 is 5.73 Å². The van der Waals surface area contributed by atoms with Crippen LogP contribution in [0.25, 0.3) is 0 Å². The molecule has 2 aromatic rings. The molecule has 17 heavy (non-hydrogen) atoms. The Kier molecular flexibility index (Phi) is 3.50. The zero-order chi connectivity index (χ0) is 12.4. The molecule has 0 amide bonds. The van der Waals surface area contributed by atoms with E-state index < -0.39 is 0 Å². The highest BCUT2D eigenvalue weighted by Crippen LogP contribution is 2.29. The predicted molar refractivity (Wildman–Crippen MR) is 73.4 cm³/mol. The highest BCUT2D eigenvalue weighted by Gasteiger charge is 2.14. The third-order valence-electron chi connectivity index (χ3n) is 2.37. The molecule has 0 saturated heterocycles. The number of nitrogens with two attached hydrogens (primary N) is 1. The van der Waals surface area contributed by atoms with Gasteiger partial charge in [-0.25, -0.2) is 0 Å². The minimum atomic E-state index is -0.133. The Labute approximate surface area is 113 Å². The van der Waals surface area contributed by atoms with Crippen LogP contribution in [0, 0.1) is 0 Å². The van der Waals surface area contributed by atoms with E-state index in [0.717, 1.165) is 0 Å². The summed E-state index contributed by atoms with van der Waals surface area (Å²) in [5, 5.41) is 0.477. The fourth-order valence-electron chi connectivity index (χ4n) is 1.52. The van der Waals surface area contributed by atoms with E-state index in [1.165, 1.54) is 0 Å². The van der Waals surface area contributed by atoms with Crippen molar-refractivity contribution < 1.29 is 4.79 Å². The third-order valence-corrected chi connectivity index (χ3v) is 3.25. The molecule has 0 radical (unpaired) electrons. The fourth-order valence-corrected chi connectivity index (χ4v) is 2.33. The first kappa shape index (κ1) is 12.1. The minimum absolute atomic E-state index is 0.133. The molecule has 0 aliphatic carbocycles. The molecule has 2 N–H and O–H groups in total. The lowest BCUT2D eigenvalue weighted by molar-refractivity contribution is 0.103. The molecule has 2 rings (SSSR count). The summed E-state index contributed by atoms with van der Waals surface area (Å²) in [6, 6.07) is 12.2. The monoisotopic (exact) mass is 309 g/mol. The van der Waals surface area contributed by atoms with Gasteiger partial charge in [0.15, 0.2) is 5.78 Å². The Morgan fingerprint density at radius 2 is 1.82 bits per heavy atom. The largest absolute Gasteiger partial charge is 0.397 e. The number of nitrogen functional groups attached to an aromatic ring is 1. The van der Waals surface area contributed by atoms with Gasteiger partial charge in [-0.1, -0.05) is 41.9 Å². The lowest BCUT2D eigenvalue weighted by Crippen LogP contribution is -2.05. The maximum absolute atomic E-state index is 12.2. The third kappa shape index (κ3) is 2.51. The molecule has 0 atom stereocenters. The Balaban J connectivity index is 2.52. The van der Waals surface area contributed by atoms with Gasteiger partial charge in [0.1, 0.15) is 0 Å². The van der Waals surface area contributed by atoms with Gasteiger partial charge < -0.3 is 5.73 Å².